The van der Waals surface area contributed by atoms with E-state index in [1.54, 1.807) is 18.2 Å². The van der Waals surface area contributed by atoms with Crippen LogP contribution in [0.1, 0.15) is 44.6 Å². The van der Waals surface area contributed by atoms with Crippen LogP contribution >= 0.6 is 0 Å². The SMILES string of the molecule is CCCC(C)(CO)NC(=O)NC1CC1c1ccccc1F. The quantitative estimate of drug-likeness (QED) is 0.755. The number of aliphatic hydroxyl groups is 1. The van der Waals surface area contributed by atoms with E-state index in [0.29, 0.717) is 12.0 Å². The zero-order valence-corrected chi connectivity index (χ0v) is 12.5. The maximum absolute atomic E-state index is 13.7. The third-order valence-electron chi connectivity index (χ3n) is 3.98. The second-order valence-corrected chi connectivity index (χ2v) is 6.04. The highest BCUT2D eigenvalue weighted by Gasteiger charge is 2.41. The Kier molecular flexibility index (Phi) is 4.83. The lowest BCUT2D eigenvalue weighted by molar-refractivity contribution is 0.163. The molecule has 1 aliphatic carbocycles. The van der Waals surface area contributed by atoms with E-state index in [-0.39, 0.29) is 30.4 Å². The number of hydrogen-bond acceptors (Lipinski definition) is 2. The molecule has 3 atom stereocenters. The number of urea groups is 1. The van der Waals surface area contributed by atoms with Crippen LogP contribution in [-0.2, 0) is 0 Å². The molecule has 0 radical (unpaired) electrons. The molecule has 0 heterocycles. The lowest BCUT2D eigenvalue weighted by atomic mass is 9.98. The number of rotatable bonds is 6. The Balaban J connectivity index is 1.87. The number of benzene rings is 1. The number of hydrogen-bond donors (Lipinski definition) is 3. The van der Waals surface area contributed by atoms with Gasteiger partial charge in [-0.15, -0.1) is 0 Å². The first-order chi connectivity index (χ1) is 9.99. The number of aliphatic hydroxyl groups excluding tert-OH is 1. The summed E-state index contributed by atoms with van der Waals surface area (Å²) in [6.45, 7) is 3.72. The zero-order valence-electron chi connectivity index (χ0n) is 12.5. The summed E-state index contributed by atoms with van der Waals surface area (Å²) in [5.41, 5.74) is 0.0441. The van der Waals surface area contributed by atoms with Crippen molar-refractivity contribution in [1.82, 2.24) is 10.6 Å². The smallest absolute Gasteiger partial charge is 0.315 e. The minimum Gasteiger partial charge on any atom is -0.394 e. The first-order valence-corrected chi connectivity index (χ1v) is 7.43. The molecule has 4 nitrogen and oxygen atoms in total. The maximum Gasteiger partial charge on any atom is 0.315 e. The number of halogens is 1. The van der Waals surface area contributed by atoms with Gasteiger partial charge in [0.1, 0.15) is 5.82 Å². The van der Waals surface area contributed by atoms with E-state index in [9.17, 15) is 14.3 Å². The molecular weight excluding hydrogens is 271 g/mol. The van der Waals surface area contributed by atoms with Crippen LogP contribution in [0.5, 0.6) is 0 Å². The van der Waals surface area contributed by atoms with Crippen LogP contribution in [0.4, 0.5) is 9.18 Å². The van der Waals surface area contributed by atoms with E-state index >= 15 is 0 Å². The van der Waals surface area contributed by atoms with Crippen molar-refractivity contribution in [2.24, 2.45) is 0 Å². The number of nitrogens with one attached hydrogen (secondary N) is 2. The molecule has 1 saturated carbocycles. The van der Waals surface area contributed by atoms with Crippen LogP contribution in [0.25, 0.3) is 0 Å². The first kappa shape index (κ1) is 15.8. The summed E-state index contributed by atoms with van der Waals surface area (Å²) < 4.78 is 13.7. The second kappa shape index (κ2) is 6.43. The van der Waals surface area contributed by atoms with Gasteiger partial charge >= 0.3 is 6.03 Å². The lowest BCUT2D eigenvalue weighted by Crippen LogP contribution is -2.53. The van der Waals surface area contributed by atoms with Gasteiger partial charge in [-0.05, 0) is 31.4 Å². The van der Waals surface area contributed by atoms with Crippen LogP contribution in [0, 0.1) is 5.82 Å². The van der Waals surface area contributed by atoms with Gasteiger partial charge in [0, 0.05) is 12.0 Å². The van der Waals surface area contributed by atoms with Crippen molar-refractivity contribution in [3.05, 3.63) is 35.6 Å². The van der Waals surface area contributed by atoms with Crippen molar-refractivity contribution < 1.29 is 14.3 Å². The Hall–Kier alpha value is -1.62. The molecule has 2 rings (SSSR count). The lowest BCUT2D eigenvalue weighted by Gasteiger charge is -2.28. The minimum absolute atomic E-state index is 0.0357. The Labute approximate surface area is 124 Å². The van der Waals surface area contributed by atoms with Gasteiger partial charge in [0.2, 0.25) is 0 Å². The van der Waals surface area contributed by atoms with Gasteiger partial charge in [0.05, 0.1) is 12.1 Å². The molecule has 0 aliphatic heterocycles. The van der Waals surface area contributed by atoms with Gasteiger partial charge in [-0.25, -0.2) is 9.18 Å². The summed E-state index contributed by atoms with van der Waals surface area (Å²) in [5.74, 6) is -0.179. The Morgan fingerprint density at radius 3 is 2.81 bits per heavy atom. The molecule has 1 aromatic rings. The average molecular weight is 294 g/mol. The van der Waals surface area contributed by atoms with Gasteiger partial charge in [-0.3, -0.25) is 0 Å². The third-order valence-corrected chi connectivity index (χ3v) is 3.98. The van der Waals surface area contributed by atoms with Gasteiger partial charge in [-0.2, -0.15) is 0 Å². The standard InChI is InChI=1S/C16H23FN2O2/c1-3-8-16(2,10-20)19-15(21)18-14-9-12(14)11-6-4-5-7-13(11)17/h4-7,12,14,20H,3,8-10H2,1-2H3,(H2,18,19,21). The fraction of sp³-hybridized carbons (Fsp3) is 0.562. The van der Waals surface area contributed by atoms with E-state index in [0.717, 1.165) is 12.8 Å². The summed E-state index contributed by atoms with van der Waals surface area (Å²) in [4.78, 5) is 12.0. The Morgan fingerprint density at radius 2 is 2.19 bits per heavy atom. The molecular formula is C16H23FN2O2. The van der Waals surface area contributed by atoms with Crippen molar-refractivity contribution in [2.45, 2.75) is 50.6 Å². The predicted molar refractivity (Wildman–Crippen MR) is 79.6 cm³/mol. The highest BCUT2D eigenvalue weighted by Crippen LogP contribution is 2.41. The molecule has 3 unspecified atom stereocenters. The van der Waals surface area contributed by atoms with E-state index < -0.39 is 5.54 Å². The monoisotopic (exact) mass is 294 g/mol. The Bertz CT molecular complexity index is 509. The highest BCUT2D eigenvalue weighted by molar-refractivity contribution is 5.75. The summed E-state index contributed by atoms with van der Waals surface area (Å²) in [7, 11) is 0. The topological polar surface area (TPSA) is 61.4 Å². The highest BCUT2D eigenvalue weighted by atomic mass is 19.1. The molecule has 3 N–H and O–H groups in total. The zero-order chi connectivity index (χ0) is 15.5. The molecule has 5 heteroatoms. The van der Waals surface area contributed by atoms with Gasteiger partial charge < -0.3 is 15.7 Å². The van der Waals surface area contributed by atoms with E-state index in [2.05, 4.69) is 10.6 Å². The summed E-state index contributed by atoms with van der Waals surface area (Å²) >= 11 is 0. The number of carbonyl (C=O) groups excluding carboxylic acids is 1. The van der Waals surface area contributed by atoms with Gasteiger partial charge in [-0.1, -0.05) is 31.5 Å². The van der Waals surface area contributed by atoms with Crippen molar-refractivity contribution in [2.75, 3.05) is 6.61 Å². The first-order valence-electron chi connectivity index (χ1n) is 7.43. The summed E-state index contributed by atoms with van der Waals surface area (Å²) in [6.07, 6.45) is 2.33. The molecule has 1 fully saturated rings. The van der Waals surface area contributed by atoms with Crippen LogP contribution in [0.2, 0.25) is 0 Å². The van der Waals surface area contributed by atoms with Crippen molar-refractivity contribution in [3.8, 4) is 0 Å². The molecule has 2 amide bonds. The predicted octanol–water partition coefficient (Wildman–Crippen LogP) is 2.53. The maximum atomic E-state index is 13.7. The molecule has 116 valence electrons. The van der Waals surface area contributed by atoms with Crippen LogP contribution < -0.4 is 10.6 Å². The van der Waals surface area contributed by atoms with Gasteiger partial charge in [0.25, 0.3) is 0 Å². The van der Waals surface area contributed by atoms with E-state index in [1.807, 2.05) is 13.8 Å². The van der Waals surface area contributed by atoms with E-state index in [4.69, 9.17) is 0 Å². The third kappa shape index (κ3) is 3.94. The Morgan fingerprint density at radius 1 is 1.48 bits per heavy atom. The number of amides is 2. The molecule has 21 heavy (non-hydrogen) atoms. The molecule has 1 aliphatic rings. The average Bonchev–Trinajstić information content (AvgIpc) is 3.18. The molecule has 0 bridgehead atoms. The van der Waals surface area contributed by atoms with Crippen LogP contribution in [0.15, 0.2) is 24.3 Å². The molecule has 1 aromatic carbocycles. The summed E-state index contributed by atoms with van der Waals surface area (Å²) in [6, 6.07) is 6.32. The van der Waals surface area contributed by atoms with Crippen molar-refractivity contribution >= 4 is 6.03 Å². The van der Waals surface area contributed by atoms with Gasteiger partial charge in [0.15, 0.2) is 0 Å². The fourth-order valence-electron chi connectivity index (χ4n) is 2.69. The second-order valence-electron chi connectivity index (χ2n) is 6.04. The fourth-order valence-corrected chi connectivity index (χ4v) is 2.69. The van der Waals surface area contributed by atoms with Crippen molar-refractivity contribution in [3.63, 3.8) is 0 Å². The largest absolute Gasteiger partial charge is 0.394 e. The normalized spacial score (nSPS) is 23.2. The molecule has 0 spiro atoms. The molecule has 0 saturated heterocycles. The molecule has 0 aromatic heterocycles. The summed E-state index contributed by atoms with van der Waals surface area (Å²) in [5, 5.41) is 15.0. The number of carbonyl (C=O) groups is 1. The minimum atomic E-state index is -0.610. The van der Waals surface area contributed by atoms with Crippen molar-refractivity contribution in [1.29, 1.82) is 0 Å². The van der Waals surface area contributed by atoms with Crippen LogP contribution in [-0.4, -0.2) is 29.3 Å². The van der Waals surface area contributed by atoms with E-state index in [1.165, 1.54) is 6.07 Å². The van der Waals surface area contributed by atoms with Crippen LogP contribution in [0.3, 0.4) is 0 Å².